The number of hydrogen-bond acceptors (Lipinski definition) is 4. The first-order valence-electron chi connectivity index (χ1n) is 6.10. The highest BCUT2D eigenvalue weighted by Crippen LogP contribution is 2.17. The number of ketones is 1. The monoisotopic (exact) mass is 342 g/mol. The van der Waals surface area contributed by atoms with Crippen LogP contribution in [0.3, 0.4) is 0 Å². The number of benzene rings is 1. The topological polar surface area (TPSA) is 80.7 Å². The molecule has 1 rings (SSSR count). The molecule has 0 aliphatic heterocycles. The molecular weight excluding hydrogens is 328 g/mol. The second-order valence-electron chi connectivity index (χ2n) is 4.03. The number of carboxylic acids is 1. The van der Waals surface area contributed by atoms with Crippen molar-refractivity contribution in [1.29, 1.82) is 0 Å². The van der Waals surface area contributed by atoms with Crippen LogP contribution in [-0.2, 0) is 16.0 Å². The van der Waals surface area contributed by atoms with Crippen LogP contribution < -0.4 is 0 Å². The SMILES string of the molecule is CCOC(=O)c1ccc(CC(=O)O)cc1C(=O)CCBr. The lowest BCUT2D eigenvalue weighted by atomic mass is 9.98. The van der Waals surface area contributed by atoms with E-state index in [2.05, 4.69) is 15.9 Å². The zero-order chi connectivity index (χ0) is 15.1. The van der Waals surface area contributed by atoms with Gasteiger partial charge in [-0.2, -0.15) is 0 Å². The van der Waals surface area contributed by atoms with Crippen LogP contribution in [-0.4, -0.2) is 34.8 Å². The molecule has 0 aliphatic carbocycles. The van der Waals surface area contributed by atoms with E-state index in [4.69, 9.17) is 9.84 Å². The van der Waals surface area contributed by atoms with Crippen LogP contribution in [0.1, 0.15) is 39.6 Å². The average Bonchev–Trinajstić information content (AvgIpc) is 2.38. The van der Waals surface area contributed by atoms with Crippen molar-refractivity contribution >= 4 is 33.7 Å². The molecule has 0 unspecified atom stereocenters. The first kappa shape index (κ1) is 16.4. The van der Waals surface area contributed by atoms with Crippen molar-refractivity contribution in [3.63, 3.8) is 0 Å². The fourth-order valence-corrected chi connectivity index (χ4v) is 2.07. The van der Waals surface area contributed by atoms with Gasteiger partial charge in [0, 0.05) is 17.3 Å². The number of carbonyl (C=O) groups excluding carboxylic acids is 2. The van der Waals surface area contributed by atoms with E-state index in [-0.39, 0.29) is 36.4 Å². The van der Waals surface area contributed by atoms with Crippen molar-refractivity contribution in [2.75, 3.05) is 11.9 Å². The van der Waals surface area contributed by atoms with Gasteiger partial charge in [0.05, 0.1) is 18.6 Å². The van der Waals surface area contributed by atoms with E-state index in [9.17, 15) is 14.4 Å². The van der Waals surface area contributed by atoms with Crippen molar-refractivity contribution in [2.24, 2.45) is 0 Å². The predicted molar refractivity (Wildman–Crippen MR) is 76.5 cm³/mol. The Labute approximate surface area is 125 Å². The van der Waals surface area contributed by atoms with E-state index in [1.165, 1.54) is 18.2 Å². The maximum absolute atomic E-state index is 12.0. The zero-order valence-electron chi connectivity index (χ0n) is 11.0. The van der Waals surface area contributed by atoms with Crippen LogP contribution in [0.25, 0.3) is 0 Å². The van der Waals surface area contributed by atoms with E-state index >= 15 is 0 Å². The smallest absolute Gasteiger partial charge is 0.338 e. The molecule has 0 aliphatic rings. The van der Waals surface area contributed by atoms with Gasteiger partial charge in [0.15, 0.2) is 5.78 Å². The Kier molecular flexibility index (Phi) is 6.38. The minimum absolute atomic E-state index is 0.173. The Bertz CT molecular complexity index is 524. The standard InChI is InChI=1S/C14H15BrO5/c1-2-20-14(19)10-4-3-9(8-13(17)18)7-11(10)12(16)5-6-15/h3-4,7H,2,5-6,8H2,1H3,(H,17,18). The Balaban J connectivity index is 3.18. The van der Waals surface area contributed by atoms with E-state index in [0.29, 0.717) is 10.9 Å². The van der Waals surface area contributed by atoms with Gasteiger partial charge in [-0.05, 0) is 24.6 Å². The summed E-state index contributed by atoms with van der Waals surface area (Å²) in [6.45, 7) is 1.89. The van der Waals surface area contributed by atoms with E-state index in [1.807, 2.05) is 0 Å². The van der Waals surface area contributed by atoms with Crippen molar-refractivity contribution in [1.82, 2.24) is 0 Å². The van der Waals surface area contributed by atoms with Crippen LogP contribution in [0.5, 0.6) is 0 Å². The van der Waals surface area contributed by atoms with Crippen molar-refractivity contribution in [2.45, 2.75) is 19.8 Å². The van der Waals surface area contributed by atoms with Gasteiger partial charge in [0.2, 0.25) is 0 Å². The number of carboxylic acid groups (broad SMARTS) is 1. The molecule has 0 heterocycles. The molecule has 0 amide bonds. The van der Waals surface area contributed by atoms with Crippen molar-refractivity contribution in [3.05, 3.63) is 34.9 Å². The minimum Gasteiger partial charge on any atom is -0.481 e. The normalized spacial score (nSPS) is 10.1. The molecular formula is C14H15BrO5. The Hall–Kier alpha value is -1.69. The third-order valence-electron chi connectivity index (χ3n) is 2.56. The summed E-state index contributed by atoms with van der Waals surface area (Å²) in [7, 11) is 0. The molecule has 0 spiro atoms. The molecule has 0 bridgehead atoms. The molecule has 0 saturated carbocycles. The summed E-state index contributed by atoms with van der Waals surface area (Å²) in [5.74, 6) is -1.79. The molecule has 1 N–H and O–H groups in total. The van der Waals surface area contributed by atoms with Gasteiger partial charge < -0.3 is 9.84 Å². The molecule has 5 nitrogen and oxygen atoms in total. The molecule has 0 saturated heterocycles. The molecule has 108 valence electrons. The predicted octanol–water partition coefficient (Wildman–Crippen LogP) is 2.46. The number of hydrogen-bond donors (Lipinski definition) is 1. The first-order valence-corrected chi connectivity index (χ1v) is 7.22. The number of halogens is 1. The van der Waals surface area contributed by atoms with Gasteiger partial charge in [-0.15, -0.1) is 0 Å². The number of esters is 1. The molecule has 0 fully saturated rings. The van der Waals surface area contributed by atoms with Crippen LogP contribution in [0, 0.1) is 0 Å². The number of carbonyl (C=O) groups is 3. The van der Waals surface area contributed by atoms with E-state index < -0.39 is 11.9 Å². The lowest BCUT2D eigenvalue weighted by Crippen LogP contribution is -2.13. The van der Waals surface area contributed by atoms with Crippen LogP contribution >= 0.6 is 15.9 Å². The zero-order valence-corrected chi connectivity index (χ0v) is 12.6. The third kappa shape index (κ3) is 4.45. The lowest BCUT2D eigenvalue weighted by molar-refractivity contribution is -0.136. The second kappa shape index (κ2) is 7.79. The molecule has 0 atom stereocenters. The molecule has 1 aromatic rings. The quantitative estimate of drug-likeness (QED) is 0.467. The summed E-state index contributed by atoms with van der Waals surface area (Å²) in [4.78, 5) is 34.5. The van der Waals surface area contributed by atoms with Crippen LogP contribution in [0.2, 0.25) is 0 Å². The van der Waals surface area contributed by atoms with Crippen LogP contribution in [0.15, 0.2) is 18.2 Å². The maximum Gasteiger partial charge on any atom is 0.338 e. The van der Waals surface area contributed by atoms with Gasteiger partial charge in [-0.25, -0.2) is 4.79 Å². The third-order valence-corrected chi connectivity index (χ3v) is 2.95. The largest absolute Gasteiger partial charge is 0.481 e. The summed E-state index contributed by atoms with van der Waals surface area (Å²) in [5, 5.41) is 9.25. The summed E-state index contributed by atoms with van der Waals surface area (Å²) >= 11 is 3.17. The molecule has 20 heavy (non-hydrogen) atoms. The van der Waals surface area contributed by atoms with Crippen LogP contribution in [0.4, 0.5) is 0 Å². The Morgan fingerprint density at radius 2 is 1.95 bits per heavy atom. The first-order chi connectivity index (χ1) is 9.49. The highest BCUT2D eigenvalue weighted by atomic mass is 79.9. The molecule has 0 aromatic heterocycles. The van der Waals surface area contributed by atoms with E-state index in [1.54, 1.807) is 6.92 Å². The average molecular weight is 343 g/mol. The fraction of sp³-hybridized carbons (Fsp3) is 0.357. The fourth-order valence-electron chi connectivity index (χ4n) is 1.71. The van der Waals surface area contributed by atoms with Crippen molar-refractivity contribution in [3.8, 4) is 0 Å². The van der Waals surface area contributed by atoms with Gasteiger partial charge in [0.1, 0.15) is 0 Å². The summed E-state index contributed by atoms with van der Waals surface area (Å²) in [6, 6.07) is 4.41. The highest BCUT2D eigenvalue weighted by Gasteiger charge is 2.18. The number of rotatable bonds is 7. The van der Waals surface area contributed by atoms with Gasteiger partial charge >= 0.3 is 11.9 Å². The summed E-state index contributed by atoms with van der Waals surface area (Å²) < 4.78 is 4.90. The summed E-state index contributed by atoms with van der Waals surface area (Å²) in [6.07, 6.45) is 0.0284. The van der Waals surface area contributed by atoms with Gasteiger partial charge in [-0.1, -0.05) is 22.0 Å². The Morgan fingerprint density at radius 1 is 1.25 bits per heavy atom. The van der Waals surface area contributed by atoms with Crippen molar-refractivity contribution < 1.29 is 24.2 Å². The summed E-state index contributed by atoms with van der Waals surface area (Å²) in [5.41, 5.74) is 0.858. The number of ether oxygens (including phenoxy) is 1. The number of aliphatic carboxylic acids is 1. The van der Waals surface area contributed by atoms with Gasteiger partial charge in [0.25, 0.3) is 0 Å². The molecule has 6 heteroatoms. The second-order valence-corrected chi connectivity index (χ2v) is 4.83. The number of alkyl halides is 1. The van der Waals surface area contributed by atoms with Gasteiger partial charge in [-0.3, -0.25) is 9.59 Å². The minimum atomic E-state index is -0.993. The highest BCUT2D eigenvalue weighted by molar-refractivity contribution is 9.09. The van der Waals surface area contributed by atoms with E-state index in [0.717, 1.165) is 0 Å². The molecule has 0 radical (unpaired) electrons. The lowest BCUT2D eigenvalue weighted by Gasteiger charge is -2.09. The molecule has 1 aromatic carbocycles. The number of Topliss-reactive ketones (excluding diaryl/α,β-unsaturated/α-hetero) is 1. The Morgan fingerprint density at radius 3 is 2.50 bits per heavy atom. The maximum atomic E-state index is 12.0.